The van der Waals surface area contributed by atoms with Crippen molar-refractivity contribution in [1.29, 1.82) is 0 Å². The Labute approximate surface area is 215 Å². The Morgan fingerprint density at radius 1 is 1.16 bits per heavy atom. The van der Waals surface area contributed by atoms with E-state index in [1.165, 1.54) is 10.5 Å². The molecule has 1 fully saturated rings. The van der Waals surface area contributed by atoms with E-state index in [0.29, 0.717) is 11.1 Å². The Hall–Kier alpha value is -3.52. The second-order valence-electron chi connectivity index (χ2n) is 10.4. The zero-order valence-electron chi connectivity index (χ0n) is 21.9. The van der Waals surface area contributed by atoms with Crippen molar-refractivity contribution < 1.29 is 23.5 Å². The molecular formula is C29H33FN2O5. The maximum absolute atomic E-state index is 15.0. The molecular weight excluding hydrogens is 475 g/mol. The van der Waals surface area contributed by atoms with Crippen LogP contribution in [0.2, 0.25) is 0 Å². The standard InChI is InChI=1S/C29H33FN2O5/c1-6-36-28(35)23-14-22(18-7-8-18)26-17(2)21(11-12-32(26)27(23)34)19-9-10-20(24(30)13-19)15-31-16-25(33)37-29(3,4)5/h9-14,18,31H,6-8,15-16H2,1-5H3. The third-order valence-corrected chi connectivity index (χ3v) is 6.29. The maximum atomic E-state index is 15.0. The maximum Gasteiger partial charge on any atom is 0.343 e. The zero-order chi connectivity index (χ0) is 26.9. The molecule has 8 heteroatoms. The molecule has 0 saturated heterocycles. The van der Waals surface area contributed by atoms with Crippen LogP contribution in [0.4, 0.5) is 4.39 Å². The number of aromatic nitrogens is 1. The van der Waals surface area contributed by atoms with Gasteiger partial charge in [-0.05, 0) is 93.8 Å². The number of fused-ring (bicyclic) bond motifs is 1. The minimum absolute atomic E-state index is 0.0191. The molecule has 2 aromatic heterocycles. The van der Waals surface area contributed by atoms with Crippen molar-refractivity contribution in [2.45, 2.75) is 65.5 Å². The first kappa shape index (κ1) is 26.5. The first-order valence-electron chi connectivity index (χ1n) is 12.6. The van der Waals surface area contributed by atoms with Crippen LogP contribution < -0.4 is 10.9 Å². The molecule has 1 N–H and O–H groups in total. The van der Waals surface area contributed by atoms with E-state index < -0.39 is 28.9 Å². The van der Waals surface area contributed by atoms with Gasteiger partial charge in [0.2, 0.25) is 0 Å². The number of carbonyl (C=O) groups is 2. The second-order valence-corrected chi connectivity index (χ2v) is 10.4. The van der Waals surface area contributed by atoms with E-state index in [0.717, 1.165) is 35.0 Å². The number of nitrogens with one attached hydrogen (secondary N) is 1. The fraction of sp³-hybridized carbons (Fsp3) is 0.414. The summed E-state index contributed by atoms with van der Waals surface area (Å²) in [5, 5.41) is 2.93. The predicted molar refractivity (Wildman–Crippen MR) is 139 cm³/mol. The summed E-state index contributed by atoms with van der Waals surface area (Å²) in [5.74, 6) is -1.15. The normalized spacial score (nSPS) is 13.6. The molecule has 3 aromatic rings. The average molecular weight is 509 g/mol. The summed E-state index contributed by atoms with van der Waals surface area (Å²) in [6.07, 6.45) is 3.61. The Kier molecular flexibility index (Phi) is 7.50. The van der Waals surface area contributed by atoms with Gasteiger partial charge >= 0.3 is 11.9 Å². The second kappa shape index (κ2) is 10.5. The minimum atomic E-state index is -0.622. The van der Waals surface area contributed by atoms with Crippen LogP contribution in [0.15, 0.2) is 41.3 Å². The number of benzene rings is 1. The fourth-order valence-corrected chi connectivity index (χ4v) is 4.51. The molecule has 2 heterocycles. The SMILES string of the molecule is CCOC(=O)c1cc(C2CC2)c2c(C)c(-c3ccc(CNCC(=O)OC(C)(C)C)c(F)c3)ccn2c1=O. The molecule has 0 amide bonds. The van der Waals surface area contributed by atoms with Crippen molar-refractivity contribution >= 4 is 17.5 Å². The third-order valence-electron chi connectivity index (χ3n) is 6.29. The summed E-state index contributed by atoms with van der Waals surface area (Å²) in [4.78, 5) is 37.4. The van der Waals surface area contributed by atoms with Crippen molar-refractivity contribution in [1.82, 2.24) is 9.72 Å². The highest BCUT2D eigenvalue weighted by Crippen LogP contribution is 2.43. The molecule has 1 saturated carbocycles. The summed E-state index contributed by atoms with van der Waals surface area (Å²) in [6, 6.07) is 8.42. The van der Waals surface area contributed by atoms with Gasteiger partial charge in [-0.1, -0.05) is 12.1 Å². The van der Waals surface area contributed by atoms with E-state index in [9.17, 15) is 14.4 Å². The Morgan fingerprint density at radius 3 is 2.51 bits per heavy atom. The Balaban J connectivity index is 1.63. The van der Waals surface area contributed by atoms with Gasteiger partial charge in [-0.3, -0.25) is 14.0 Å². The zero-order valence-corrected chi connectivity index (χ0v) is 21.9. The number of esters is 2. The van der Waals surface area contributed by atoms with Crippen LogP contribution in [0.1, 0.15) is 73.5 Å². The van der Waals surface area contributed by atoms with Crippen molar-refractivity contribution in [3.05, 3.63) is 75.0 Å². The lowest BCUT2D eigenvalue weighted by atomic mass is 9.96. The van der Waals surface area contributed by atoms with Gasteiger partial charge in [-0.2, -0.15) is 0 Å². The van der Waals surface area contributed by atoms with Crippen LogP contribution in [-0.2, 0) is 20.8 Å². The van der Waals surface area contributed by atoms with Crippen LogP contribution in [0, 0.1) is 12.7 Å². The molecule has 0 unspecified atom stereocenters. The van der Waals surface area contributed by atoms with Gasteiger partial charge in [0.1, 0.15) is 17.0 Å². The molecule has 0 atom stereocenters. The molecule has 0 aliphatic heterocycles. The first-order chi connectivity index (χ1) is 17.5. The molecule has 1 aliphatic carbocycles. The summed E-state index contributed by atoms with van der Waals surface area (Å²) < 4.78 is 26.9. The minimum Gasteiger partial charge on any atom is -0.462 e. The van der Waals surface area contributed by atoms with E-state index in [1.807, 2.05) is 13.0 Å². The lowest BCUT2D eigenvalue weighted by Gasteiger charge is -2.19. The summed E-state index contributed by atoms with van der Waals surface area (Å²) in [7, 11) is 0. The molecule has 0 radical (unpaired) electrons. The summed E-state index contributed by atoms with van der Waals surface area (Å²) >= 11 is 0. The number of hydrogen-bond donors (Lipinski definition) is 1. The van der Waals surface area contributed by atoms with Crippen LogP contribution in [-0.4, -0.2) is 35.1 Å². The lowest BCUT2D eigenvalue weighted by molar-refractivity contribution is -0.153. The topological polar surface area (TPSA) is 86.1 Å². The van der Waals surface area contributed by atoms with Gasteiger partial charge in [0.05, 0.1) is 18.7 Å². The number of pyridine rings is 2. The van der Waals surface area contributed by atoms with Gasteiger partial charge in [0.15, 0.2) is 0 Å². The molecule has 4 rings (SSSR count). The molecule has 1 aromatic carbocycles. The van der Waals surface area contributed by atoms with Crippen LogP contribution in [0.5, 0.6) is 0 Å². The van der Waals surface area contributed by atoms with Crippen molar-refractivity contribution in [2.24, 2.45) is 0 Å². The number of rotatable bonds is 8. The predicted octanol–water partition coefficient (Wildman–Crippen LogP) is 4.90. The van der Waals surface area contributed by atoms with Crippen molar-refractivity contribution in [2.75, 3.05) is 13.2 Å². The quantitative estimate of drug-likeness (QED) is 0.436. The van der Waals surface area contributed by atoms with E-state index in [1.54, 1.807) is 52.1 Å². The summed E-state index contributed by atoms with van der Waals surface area (Å²) in [6.45, 7) is 9.35. The number of halogens is 1. The van der Waals surface area contributed by atoms with Crippen LogP contribution in [0.25, 0.3) is 16.6 Å². The summed E-state index contributed by atoms with van der Waals surface area (Å²) in [5.41, 5.74) is 3.47. The van der Waals surface area contributed by atoms with Gasteiger partial charge in [0.25, 0.3) is 5.56 Å². The molecule has 37 heavy (non-hydrogen) atoms. The number of aryl methyl sites for hydroxylation is 1. The highest BCUT2D eigenvalue weighted by molar-refractivity contribution is 5.91. The van der Waals surface area contributed by atoms with Crippen LogP contribution in [0.3, 0.4) is 0 Å². The third kappa shape index (κ3) is 5.91. The van der Waals surface area contributed by atoms with Crippen molar-refractivity contribution in [3.8, 4) is 11.1 Å². The van der Waals surface area contributed by atoms with E-state index in [-0.39, 0.29) is 31.2 Å². The monoisotopic (exact) mass is 508 g/mol. The number of hydrogen-bond acceptors (Lipinski definition) is 6. The van der Waals surface area contributed by atoms with Crippen LogP contribution >= 0.6 is 0 Å². The van der Waals surface area contributed by atoms with E-state index in [2.05, 4.69) is 5.32 Å². The van der Waals surface area contributed by atoms with Gasteiger partial charge in [0, 0.05) is 18.3 Å². The Morgan fingerprint density at radius 2 is 1.89 bits per heavy atom. The van der Waals surface area contributed by atoms with Gasteiger partial charge < -0.3 is 14.8 Å². The largest absolute Gasteiger partial charge is 0.462 e. The molecule has 1 aliphatic rings. The smallest absolute Gasteiger partial charge is 0.343 e. The molecule has 7 nitrogen and oxygen atoms in total. The average Bonchev–Trinajstić information content (AvgIpc) is 3.65. The lowest BCUT2D eigenvalue weighted by Crippen LogP contribution is -2.31. The van der Waals surface area contributed by atoms with E-state index in [4.69, 9.17) is 9.47 Å². The van der Waals surface area contributed by atoms with E-state index >= 15 is 4.39 Å². The molecule has 0 spiro atoms. The molecule has 196 valence electrons. The van der Waals surface area contributed by atoms with Gasteiger partial charge in [-0.15, -0.1) is 0 Å². The first-order valence-corrected chi connectivity index (χ1v) is 12.6. The molecule has 0 bridgehead atoms. The van der Waals surface area contributed by atoms with Crippen molar-refractivity contribution in [3.63, 3.8) is 0 Å². The fourth-order valence-electron chi connectivity index (χ4n) is 4.51. The number of carbonyl (C=O) groups excluding carboxylic acids is 2. The highest BCUT2D eigenvalue weighted by atomic mass is 19.1. The Bertz CT molecular complexity index is 1420. The van der Waals surface area contributed by atoms with Gasteiger partial charge in [-0.25, -0.2) is 9.18 Å². The number of ether oxygens (including phenoxy) is 2. The highest BCUT2D eigenvalue weighted by Gasteiger charge is 2.29. The number of nitrogens with zero attached hydrogens (tertiary/aromatic N) is 1.